The van der Waals surface area contributed by atoms with Gasteiger partial charge in [-0.1, -0.05) is 18.7 Å². The van der Waals surface area contributed by atoms with E-state index in [9.17, 15) is 9.18 Å². The fourth-order valence-corrected chi connectivity index (χ4v) is 1.40. The molecule has 5 nitrogen and oxygen atoms in total. The Bertz CT molecular complexity index is 596. The van der Waals surface area contributed by atoms with Crippen molar-refractivity contribution in [1.82, 2.24) is 10.9 Å². The van der Waals surface area contributed by atoms with Crippen molar-refractivity contribution in [3.05, 3.63) is 60.8 Å². The third-order valence-corrected chi connectivity index (χ3v) is 2.37. The molecule has 0 unspecified atom stereocenters. The zero-order valence-electron chi connectivity index (χ0n) is 10.6. The molecule has 0 radical (unpaired) electrons. The summed E-state index contributed by atoms with van der Waals surface area (Å²) < 4.78 is 23.4. The van der Waals surface area contributed by atoms with Gasteiger partial charge in [-0.25, -0.2) is 4.39 Å². The number of carbonyl (C=O) groups excluding carboxylic acids is 1. The van der Waals surface area contributed by atoms with Crippen LogP contribution in [-0.2, 0) is 4.79 Å². The van der Waals surface area contributed by atoms with Gasteiger partial charge in [0, 0.05) is 0 Å². The fourth-order valence-electron chi connectivity index (χ4n) is 1.40. The fraction of sp³-hybridized carbons (Fsp3) is 0.0714. The molecule has 0 aliphatic rings. The van der Waals surface area contributed by atoms with Crippen LogP contribution in [0.2, 0.25) is 0 Å². The van der Waals surface area contributed by atoms with E-state index in [1.165, 1.54) is 24.5 Å². The molecule has 104 valence electrons. The highest BCUT2D eigenvalue weighted by Gasteiger charge is 2.07. The molecular formula is C14H13FN2O3. The smallest absolute Gasteiger partial charge is 0.276 e. The molecule has 1 aromatic heterocycles. The van der Waals surface area contributed by atoms with E-state index in [0.29, 0.717) is 11.5 Å². The number of hydrazine groups is 1. The summed E-state index contributed by atoms with van der Waals surface area (Å²) in [7, 11) is 0. The number of carbonyl (C=O) groups is 1. The Balaban J connectivity index is 1.76. The lowest BCUT2D eigenvalue weighted by molar-refractivity contribution is -0.123. The SMILES string of the molecule is C=C(NNC(=O)COc1ccccc1F)c1ccco1. The lowest BCUT2D eigenvalue weighted by atomic mass is 10.3. The Morgan fingerprint density at radius 2 is 2.05 bits per heavy atom. The number of halogens is 1. The normalized spacial score (nSPS) is 9.85. The average molecular weight is 276 g/mol. The molecule has 2 aromatic rings. The van der Waals surface area contributed by atoms with Crippen LogP contribution in [0.4, 0.5) is 4.39 Å². The first-order valence-corrected chi connectivity index (χ1v) is 5.82. The second-order valence-corrected chi connectivity index (χ2v) is 3.85. The van der Waals surface area contributed by atoms with Gasteiger partial charge >= 0.3 is 0 Å². The van der Waals surface area contributed by atoms with E-state index in [4.69, 9.17) is 9.15 Å². The third kappa shape index (κ3) is 3.61. The molecule has 1 aromatic carbocycles. The van der Waals surface area contributed by atoms with Gasteiger partial charge < -0.3 is 9.15 Å². The van der Waals surface area contributed by atoms with Crippen LogP contribution in [0.1, 0.15) is 5.76 Å². The topological polar surface area (TPSA) is 63.5 Å². The maximum Gasteiger partial charge on any atom is 0.276 e. The van der Waals surface area contributed by atoms with Crippen molar-refractivity contribution in [2.45, 2.75) is 0 Å². The molecular weight excluding hydrogens is 263 g/mol. The van der Waals surface area contributed by atoms with Crippen LogP contribution in [0.25, 0.3) is 5.70 Å². The van der Waals surface area contributed by atoms with Crippen molar-refractivity contribution in [2.24, 2.45) is 0 Å². The Kier molecular flexibility index (Phi) is 4.39. The van der Waals surface area contributed by atoms with Gasteiger partial charge in [0.1, 0.15) is 0 Å². The lowest BCUT2D eigenvalue weighted by Gasteiger charge is -2.10. The maximum absolute atomic E-state index is 13.2. The molecule has 1 amide bonds. The zero-order valence-corrected chi connectivity index (χ0v) is 10.6. The van der Waals surface area contributed by atoms with Crippen LogP contribution in [0.3, 0.4) is 0 Å². The van der Waals surface area contributed by atoms with Gasteiger partial charge in [0.05, 0.1) is 12.0 Å². The standard InChI is InChI=1S/C14H13FN2O3/c1-10(12-7-4-8-19-12)16-17-14(18)9-20-13-6-3-2-5-11(13)15/h2-8,16H,1,9H2,(H,17,18). The molecule has 0 fully saturated rings. The van der Waals surface area contributed by atoms with Gasteiger partial charge in [-0.05, 0) is 24.3 Å². The number of benzene rings is 1. The van der Waals surface area contributed by atoms with E-state index < -0.39 is 11.7 Å². The van der Waals surface area contributed by atoms with Gasteiger partial charge in [0.15, 0.2) is 23.9 Å². The third-order valence-electron chi connectivity index (χ3n) is 2.37. The molecule has 0 aliphatic heterocycles. The summed E-state index contributed by atoms with van der Waals surface area (Å²) >= 11 is 0. The summed E-state index contributed by atoms with van der Waals surface area (Å²) in [5.74, 6) is -0.470. The van der Waals surface area contributed by atoms with Crippen molar-refractivity contribution < 1.29 is 18.3 Å². The first-order valence-electron chi connectivity index (χ1n) is 5.82. The molecule has 0 saturated heterocycles. The van der Waals surface area contributed by atoms with E-state index in [1.807, 2.05) is 0 Å². The van der Waals surface area contributed by atoms with Gasteiger partial charge in [0.25, 0.3) is 5.91 Å². The van der Waals surface area contributed by atoms with E-state index in [2.05, 4.69) is 17.4 Å². The largest absolute Gasteiger partial charge is 0.481 e. The molecule has 0 aliphatic carbocycles. The van der Waals surface area contributed by atoms with Crippen molar-refractivity contribution in [3.8, 4) is 5.75 Å². The molecule has 1 heterocycles. The number of nitrogens with one attached hydrogen (secondary N) is 2. The number of rotatable bonds is 6. The molecule has 6 heteroatoms. The van der Waals surface area contributed by atoms with Crippen molar-refractivity contribution in [3.63, 3.8) is 0 Å². The van der Waals surface area contributed by atoms with Gasteiger partial charge in [0.2, 0.25) is 0 Å². The quantitative estimate of drug-likeness (QED) is 0.793. The number of furan rings is 1. The number of hydrogen-bond donors (Lipinski definition) is 2. The van der Waals surface area contributed by atoms with Gasteiger partial charge in [-0.2, -0.15) is 0 Å². The number of hydrogen-bond acceptors (Lipinski definition) is 4. The van der Waals surface area contributed by atoms with Crippen LogP contribution >= 0.6 is 0 Å². The first-order chi connectivity index (χ1) is 9.66. The Labute approximate surface area is 115 Å². The number of amides is 1. The summed E-state index contributed by atoms with van der Waals surface area (Å²) in [4.78, 5) is 11.5. The van der Waals surface area contributed by atoms with Crippen LogP contribution in [0.5, 0.6) is 5.75 Å². The number of para-hydroxylation sites is 1. The molecule has 0 saturated carbocycles. The van der Waals surface area contributed by atoms with E-state index in [0.717, 1.165) is 0 Å². The second kappa shape index (κ2) is 6.42. The molecule has 20 heavy (non-hydrogen) atoms. The summed E-state index contributed by atoms with van der Waals surface area (Å²) in [6, 6.07) is 9.25. The first kappa shape index (κ1) is 13.7. The minimum atomic E-state index is -0.520. The minimum absolute atomic E-state index is 0.0208. The number of ether oxygens (including phenoxy) is 1. The van der Waals surface area contributed by atoms with Crippen molar-refractivity contribution in [1.29, 1.82) is 0 Å². The van der Waals surface area contributed by atoms with E-state index in [-0.39, 0.29) is 12.4 Å². The lowest BCUT2D eigenvalue weighted by Crippen LogP contribution is -2.38. The van der Waals surface area contributed by atoms with E-state index in [1.54, 1.807) is 18.2 Å². The molecule has 2 rings (SSSR count). The Morgan fingerprint density at radius 3 is 2.75 bits per heavy atom. The predicted octanol–water partition coefficient (Wildman–Crippen LogP) is 2.09. The predicted molar refractivity (Wildman–Crippen MR) is 70.9 cm³/mol. The molecule has 0 atom stereocenters. The summed E-state index contributed by atoms with van der Waals surface area (Å²) in [5.41, 5.74) is 5.34. The monoisotopic (exact) mass is 276 g/mol. The summed E-state index contributed by atoms with van der Waals surface area (Å²) in [6.45, 7) is 3.36. The summed E-state index contributed by atoms with van der Waals surface area (Å²) in [6.07, 6.45) is 1.49. The minimum Gasteiger partial charge on any atom is -0.481 e. The van der Waals surface area contributed by atoms with Crippen LogP contribution in [-0.4, -0.2) is 12.5 Å². The van der Waals surface area contributed by atoms with Crippen LogP contribution in [0.15, 0.2) is 53.7 Å². The molecule has 2 N–H and O–H groups in total. The van der Waals surface area contributed by atoms with Crippen LogP contribution in [0, 0.1) is 5.82 Å². The van der Waals surface area contributed by atoms with Crippen LogP contribution < -0.4 is 15.6 Å². The average Bonchev–Trinajstić information content (AvgIpc) is 2.98. The van der Waals surface area contributed by atoms with E-state index >= 15 is 0 Å². The summed E-state index contributed by atoms with van der Waals surface area (Å²) in [5, 5.41) is 0. The Morgan fingerprint density at radius 1 is 1.25 bits per heavy atom. The maximum atomic E-state index is 13.2. The van der Waals surface area contributed by atoms with Crippen molar-refractivity contribution >= 4 is 11.6 Å². The molecule has 0 bridgehead atoms. The highest BCUT2D eigenvalue weighted by molar-refractivity contribution is 5.78. The highest BCUT2D eigenvalue weighted by Crippen LogP contribution is 2.14. The van der Waals surface area contributed by atoms with Gasteiger partial charge in [-0.3, -0.25) is 15.6 Å². The highest BCUT2D eigenvalue weighted by atomic mass is 19.1. The van der Waals surface area contributed by atoms with Gasteiger partial charge in [-0.15, -0.1) is 0 Å². The zero-order chi connectivity index (χ0) is 14.4. The van der Waals surface area contributed by atoms with Crippen molar-refractivity contribution in [2.75, 3.05) is 6.61 Å². The Hall–Kier alpha value is -2.76. The second-order valence-electron chi connectivity index (χ2n) is 3.85. The molecule has 0 spiro atoms.